The summed E-state index contributed by atoms with van der Waals surface area (Å²) in [6.45, 7) is 4.71. The smallest absolute Gasteiger partial charge is 0.131 e. The summed E-state index contributed by atoms with van der Waals surface area (Å²) in [4.78, 5) is 8.37. The van der Waals surface area contributed by atoms with Crippen molar-refractivity contribution in [3.8, 4) is 0 Å². The van der Waals surface area contributed by atoms with E-state index in [-0.39, 0.29) is 0 Å². The molecule has 1 aliphatic carbocycles. The lowest BCUT2D eigenvalue weighted by Crippen LogP contribution is -2.30. The van der Waals surface area contributed by atoms with Crippen LogP contribution in [0.15, 0.2) is 12.4 Å². The van der Waals surface area contributed by atoms with Crippen molar-refractivity contribution in [2.75, 3.05) is 17.7 Å². The van der Waals surface area contributed by atoms with Crippen LogP contribution in [0, 0.1) is 5.41 Å². The fourth-order valence-corrected chi connectivity index (χ4v) is 2.33. The fraction of sp³-hybridized carbons (Fsp3) is 0.692. The molecule has 0 amide bonds. The van der Waals surface area contributed by atoms with E-state index in [0.29, 0.717) is 11.5 Å². The van der Waals surface area contributed by atoms with Crippen molar-refractivity contribution < 1.29 is 0 Å². The van der Waals surface area contributed by atoms with Crippen molar-refractivity contribution in [3.05, 3.63) is 12.4 Å². The molecular formula is C13H22N4. The summed E-state index contributed by atoms with van der Waals surface area (Å²) < 4.78 is 0. The summed E-state index contributed by atoms with van der Waals surface area (Å²) in [5.74, 6) is 1.78. The molecule has 4 nitrogen and oxygen atoms in total. The Hall–Kier alpha value is -1.32. The van der Waals surface area contributed by atoms with Crippen LogP contribution in [0.2, 0.25) is 0 Å². The van der Waals surface area contributed by atoms with Crippen molar-refractivity contribution in [2.45, 2.75) is 45.6 Å². The van der Waals surface area contributed by atoms with E-state index in [0.717, 1.165) is 11.6 Å². The van der Waals surface area contributed by atoms with E-state index in [1.54, 1.807) is 6.33 Å². The molecule has 0 bridgehead atoms. The van der Waals surface area contributed by atoms with Gasteiger partial charge in [0.05, 0.1) is 0 Å². The number of rotatable bonds is 3. The Balaban J connectivity index is 1.93. The summed E-state index contributed by atoms with van der Waals surface area (Å²) in [7, 11) is 1.87. The maximum absolute atomic E-state index is 4.26. The van der Waals surface area contributed by atoms with Crippen molar-refractivity contribution in [3.63, 3.8) is 0 Å². The average Bonchev–Trinajstić information content (AvgIpc) is 2.32. The van der Waals surface area contributed by atoms with Crippen molar-refractivity contribution >= 4 is 11.6 Å². The molecule has 0 spiro atoms. The van der Waals surface area contributed by atoms with E-state index < -0.39 is 0 Å². The van der Waals surface area contributed by atoms with Gasteiger partial charge in [0.1, 0.15) is 18.0 Å². The van der Waals surface area contributed by atoms with Crippen molar-refractivity contribution in [1.29, 1.82) is 0 Å². The van der Waals surface area contributed by atoms with Gasteiger partial charge >= 0.3 is 0 Å². The number of aromatic nitrogens is 2. The largest absolute Gasteiger partial charge is 0.373 e. The van der Waals surface area contributed by atoms with Crippen LogP contribution in [0.4, 0.5) is 11.6 Å². The third-order valence-electron chi connectivity index (χ3n) is 3.61. The molecule has 1 aliphatic rings. The molecule has 0 aromatic carbocycles. The molecule has 94 valence electrons. The Morgan fingerprint density at radius 3 is 2.47 bits per heavy atom. The van der Waals surface area contributed by atoms with E-state index in [1.165, 1.54) is 25.7 Å². The van der Waals surface area contributed by atoms with Gasteiger partial charge in [0, 0.05) is 19.2 Å². The summed E-state index contributed by atoms with van der Waals surface area (Å²) in [5, 5.41) is 6.53. The van der Waals surface area contributed by atoms with E-state index in [2.05, 4.69) is 34.4 Å². The molecule has 2 rings (SSSR count). The fourth-order valence-electron chi connectivity index (χ4n) is 2.33. The predicted octanol–water partition coefficient (Wildman–Crippen LogP) is 2.90. The average molecular weight is 234 g/mol. The molecule has 1 aromatic heterocycles. The first kappa shape index (κ1) is 12.1. The minimum Gasteiger partial charge on any atom is -0.373 e. The zero-order valence-corrected chi connectivity index (χ0v) is 11.0. The van der Waals surface area contributed by atoms with E-state index >= 15 is 0 Å². The van der Waals surface area contributed by atoms with Crippen LogP contribution in [0.5, 0.6) is 0 Å². The van der Waals surface area contributed by atoms with Gasteiger partial charge in [0.2, 0.25) is 0 Å². The predicted molar refractivity (Wildman–Crippen MR) is 71.2 cm³/mol. The first-order chi connectivity index (χ1) is 8.09. The van der Waals surface area contributed by atoms with Crippen LogP contribution in [0.3, 0.4) is 0 Å². The molecule has 17 heavy (non-hydrogen) atoms. The van der Waals surface area contributed by atoms with Crippen molar-refractivity contribution in [1.82, 2.24) is 9.97 Å². The molecule has 1 saturated carbocycles. The molecule has 0 aliphatic heterocycles. The third kappa shape index (κ3) is 3.32. The van der Waals surface area contributed by atoms with Crippen LogP contribution in [0.1, 0.15) is 39.5 Å². The quantitative estimate of drug-likeness (QED) is 0.844. The normalized spacial score (nSPS) is 19.9. The summed E-state index contributed by atoms with van der Waals surface area (Å²) in [6, 6.07) is 2.52. The van der Waals surface area contributed by atoms with Gasteiger partial charge in [-0.15, -0.1) is 0 Å². The van der Waals surface area contributed by atoms with Gasteiger partial charge in [-0.3, -0.25) is 0 Å². The van der Waals surface area contributed by atoms with E-state index in [1.807, 2.05) is 13.1 Å². The molecule has 1 aromatic rings. The number of nitrogens with zero attached hydrogens (tertiary/aromatic N) is 2. The highest BCUT2D eigenvalue weighted by Gasteiger charge is 2.26. The minimum absolute atomic E-state index is 0.514. The standard InChI is InChI=1S/C13H22N4/c1-13(2)6-4-10(5-7-13)17-12-8-11(14-3)15-9-16-12/h8-10H,4-7H2,1-3H3,(H2,14,15,16,17). The Morgan fingerprint density at radius 2 is 1.82 bits per heavy atom. The second-order valence-corrected chi connectivity index (χ2v) is 5.62. The van der Waals surface area contributed by atoms with Gasteiger partial charge in [0.15, 0.2) is 0 Å². The first-order valence-corrected chi connectivity index (χ1v) is 6.35. The SMILES string of the molecule is CNc1cc(NC2CCC(C)(C)CC2)ncn1. The molecule has 2 N–H and O–H groups in total. The van der Waals surface area contributed by atoms with Gasteiger partial charge in [-0.1, -0.05) is 13.8 Å². The Labute approximate surface area is 103 Å². The van der Waals surface area contributed by atoms with Crippen LogP contribution in [-0.2, 0) is 0 Å². The maximum atomic E-state index is 4.26. The summed E-state index contributed by atoms with van der Waals surface area (Å²) >= 11 is 0. The lowest BCUT2D eigenvalue weighted by molar-refractivity contribution is 0.232. The lowest BCUT2D eigenvalue weighted by Gasteiger charge is -2.34. The van der Waals surface area contributed by atoms with Gasteiger partial charge in [-0.25, -0.2) is 9.97 Å². The number of hydrogen-bond donors (Lipinski definition) is 2. The zero-order chi connectivity index (χ0) is 12.3. The molecular weight excluding hydrogens is 212 g/mol. The molecule has 0 atom stereocenters. The van der Waals surface area contributed by atoms with Gasteiger partial charge < -0.3 is 10.6 Å². The molecule has 4 heteroatoms. The summed E-state index contributed by atoms with van der Waals surface area (Å²) in [6.07, 6.45) is 6.63. The monoisotopic (exact) mass is 234 g/mol. The van der Waals surface area contributed by atoms with Crippen LogP contribution in [-0.4, -0.2) is 23.1 Å². The van der Waals surface area contributed by atoms with Gasteiger partial charge in [0.25, 0.3) is 0 Å². The molecule has 0 unspecified atom stereocenters. The third-order valence-corrected chi connectivity index (χ3v) is 3.61. The number of anilines is 2. The van der Waals surface area contributed by atoms with Crippen LogP contribution >= 0.6 is 0 Å². The molecule has 1 fully saturated rings. The Kier molecular flexibility index (Phi) is 3.50. The molecule has 0 radical (unpaired) electrons. The zero-order valence-electron chi connectivity index (χ0n) is 11.0. The van der Waals surface area contributed by atoms with E-state index in [9.17, 15) is 0 Å². The van der Waals surface area contributed by atoms with E-state index in [4.69, 9.17) is 0 Å². The lowest BCUT2D eigenvalue weighted by atomic mass is 9.75. The second kappa shape index (κ2) is 4.90. The van der Waals surface area contributed by atoms with Crippen LogP contribution in [0.25, 0.3) is 0 Å². The molecule has 0 saturated heterocycles. The Morgan fingerprint density at radius 1 is 1.18 bits per heavy atom. The van der Waals surface area contributed by atoms with Crippen molar-refractivity contribution in [2.24, 2.45) is 5.41 Å². The molecule has 1 heterocycles. The highest BCUT2D eigenvalue weighted by Crippen LogP contribution is 2.35. The first-order valence-electron chi connectivity index (χ1n) is 6.35. The Bertz CT molecular complexity index is 365. The summed E-state index contributed by atoms with van der Waals surface area (Å²) in [5.41, 5.74) is 0.514. The van der Waals surface area contributed by atoms with Gasteiger partial charge in [-0.05, 0) is 31.1 Å². The number of nitrogens with one attached hydrogen (secondary N) is 2. The topological polar surface area (TPSA) is 49.8 Å². The maximum Gasteiger partial charge on any atom is 0.131 e. The second-order valence-electron chi connectivity index (χ2n) is 5.62. The van der Waals surface area contributed by atoms with Gasteiger partial charge in [-0.2, -0.15) is 0 Å². The number of hydrogen-bond acceptors (Lipinski definition) is 4. The van der Waals surface area contributed by atoms with Crippen LogP contribution < -0.4 is 10.6 Å². The minimum atomic E-state index is 0.514. The highest BCUT2D eigenvalue weighted by molar-refractivity contribution is 5.46. The highest BCUT2D eigenvalue weighted by atomic mass is 15.1.